The van der Waals surface area contributed by atoms with E-state index in [4.69, 9.17) is 4.74 Å². The number of nitrogens with zero attached hydrogens (tertiary/aromatic N) is 1. The second-order valence-electron chi connectivity index (χ2n) is 7.27. The third-order valence-corrected chi connectivity index (χ3v) is 5.11. The van der Waals surface area contributed by atoms with E-state index in [0.29, 0.717) is 0 Å². The standard InChI is InChI=1S/C23H31NO2.ClH/c1-6-22(26-19(3)25)23(18(2)17-24(4)5,20-13-9-7-10-14-20)21-15-11-8-12-16-21;/h7-16,18,22H,6,17H2,1-5H3;1H/t18-,22-;/m1./s1. The zero-order valence-corrected chi connectivity index (χ0v) is 17.8. The molecular formula is C23H32ClNO2. The van der Waals surface area contributed by atoms with E-state index in [2.05, 4.69) is 81.4 Å². The van der Waals surface area contributed by atoms with Crippen molar-refractivity contribution in [3.05, 3.63) is 71.8 Å². The molecule has 0 aliphatic rings. The van der Waals surface area contributed by atoms with Crippen LogP contribution in [0.5, 0.6) is 0 Å². The summed E-state index contributed by atoms with van der Waals surface area (Å²) in [6.45, 7) is 6.74. The van der Waals surface area contributed by atoms with Crippen LogP contribution in [0.3, 0.4) is 0 Å². The summed E-state index contributed by atoms with van der Waals surface area (Å²) in [7, 11) is 4.17. The highest BCUT2D eigenvalue weighted by atomic mass is 35.5. The number of ether oxygens (including phenoxy) is 1. The van der Waals surface area contributed by atoms with Crippen LogP contribution in [0.15, 0.2) is 60.7 Å². The lowest BCUT2D eigenvalue weighted by Crippen LogP contribution is -2.50. The first kappa shape index (κ1) is 23.2. The highest BCUT2D eigenvalue weighted by molar-refractivity contribution is 5.85. The van der Waals surface area contributed by atoms with Gasteiger partial charge in [0.15, 0.2) is 0 Å². The Kier molecular flexibility index (Phi) is 9.01. The average molecular weight is 390 g/mol. The van der Waals surface area contributed by atoms with Crippen molar-refractivity contribution in [2.24, 2.45) is 5.92 Å². The molecule has 27 heavy (non-hydrogen) atoms. The number of halogens is 1. The molecule has 2 aromatic carbocycles. The fourth-order valence-electron chi connectivity index (χ4n) is 4.24. The molecule has 0 heterocycles. The third kappa shape index (κ3) is 5.12. The number of rotatable bonds is 8. The molecule has 0 fully saturated rings. The van der Waals surface area contributed by atoms with E-state index in [0.717, 1.165) is 13.0 Å². The molecule has 0 spiro atoms. The number of benzene rings is 2. The van der Waals surface area contributed by atoms with Crippen molar-refractivity contribution in [2.75, 3.05) is 20.6 Å². The Labute approximate surface area is 170 Å². The lowest BCUT2D eigenvalue weighted by molar-refractivity contribution is -0.150. The van der Waals surface area contributed by atoms with Crippen molar-refractivity contribution in [3.8, 4) is 0 Å². The predicted molar refractivity (Wildman–Crippen MR) is 114 cm³/mol. The molecule has 4 heteroatoms. The Balaban J connectivity index is 0.00000364. The number of esters is 1. The minimum atomic E-state index is -0.410. The Bertz CT molecular complexity index is 649. The SMILES string of the molecule is CC[C@@H](OC(C)=O)C(c1ccccc1)(c1ccccc1)[C@H](C)CN(C)C.Cl. The summed E-state index contributed by atoms with van der Waals surface area (Å²) in [5.41, 5.74) is 1.97. The van der Waals surface area contributed by atoms with Crippen molar-refractivity contribution < 1.29 is 9.53 Å². The summed E-state index contributed by atoms with van der Waals surface area (Å²) in [6.07, 6.45) is 0.515. The van der Waals surface area contributed by atoms with Crippen LogP contribution in [0, 0.1) is 5.92 Å². The molecule has 3 nitrogen and oxygen atoms in total. The van der Waals surface area contributed by atoms with Crippen LogP contribution in [0.4, 0.5) is 0 Å². The smallest absolute Gasteiger partial charge is 0.302 e. The molecule has 0 unspecified atom stereocenters. The van der Waals surface area contributed by atoms with Gasteiger partial charge in [0, 0.05) is 13.5 Å². The monoisotopic (exact) mass is 389 g/mol. The van der Waals surface area contributed by atoms with Crippen molar-refractivity contribution in [1.29, 1.82) is 0 Å². The first-order chi connectivity index (χ1) is 12.4. The molecule has 0 N–H and O–H groups in total. The van der Waals surface area contributed by atoms with Crippen LogP contribution in [0.1, 0.15) is 38.3 Å². The normalized spacial score (nSPS) is 13.6. The quantitative estimate of drug-likeness (QED) is 0.599. The van der Waals surface area contributed by atoms with Gasteiger partial charge in [0.05, 0.1) is 5.41 Å². The van der Waals surface area contributed by atoms with Gasteiger partial charge in [-0.15, -0.1) is 12.4 Å². The minimum Gasteiger partial charge on any atom is -0.461 e. The topological polar surface area (TPSA) is 29.5 Å². The van der Waals surface area contributed by atoms with Gasteiger partial charge in [-0.2, -0.15) is 0 Å². The summed E-state index contributed by atoms with van der Waals surface area (Å²) in [5.74, 6) is 0.0109. The largest absolute Gasteiger partial charge is 0.461 e. The zero-order chi connectivity index (χ0) is 19.2. The molecule has 2 aromatic rings. The lowest BCUT2D eigenvalue weighted by atomic mass is 9.62. The molecule has 0 aromatic heterocycles. The summed E-state index contributed by atoms with van der Waals surface area (Å²) in [5, 5.41) is 0. The fourth-order valence-corrected chi connectivity index (χ4v) is 4.24. The van der Waals surface area contributed by atoms with Gasteiger partial charge >= 0.3 is 5.97 Å². The lowest BCUT2D eigenvalue weighted by Gasteiger charge is -2.46. The first-order valence-electron chi connectivity index (χ1n) is 9.35. The van der Waals surface area contributed by atoms with Crippen molar-refractivity contribution in [2.45, 2.75) is 38.7 Å². The maximum Gasteiger partial charge on any atom is 0.302 e. The molecule has 148 valence electrons. The van der Waals surface area contributed by atoms with Crippen LogP contribution in [0.25, 0.3) is 0 Å². The van der Waals surface area contributed by atoms with Gasteiger partial charge in [0.25, 0.3) is 0 Å². The molecule has 0 aliphatic carbocycles. The van der Waals surface area contributed by atoms with E-state index in [1.165, 1.54) is 18.1 Å². The molecule has 2 rings (SSSR count). The van der Waals surface area contributed by atoms with Crippen molar-refractivity contribution in [3.63, 3.8) is 0 Å². The fraction of sp³-hybridized carbons (Fsp3) is 0.435. The molecule has 0 amide bonds. The average Bonchev–Trinajstić information content (AvgIpc) is 2.62. The van der Waals surface area contributed by atoms with E-state index in [-0.39, 0.29) is 30.4 Å². The highest BCUT2D eigenvalue weighted by Gasteiger charge is 2.47. The molecular weight excluding hydrogens is 358 g/mol. The van der Waals surface area contributed by atoms with Gasteiger partial charge in [-0.3, -0.25) is 4.79 Å². The summed E-state index contributed by atoms with van der Waals surface area (Å²) < 4.78 is 5.92. The van der Waals surface area contributed by atoms with Gasteiger partial charge in [-0.25, -0.2) is 0 Å². The van der Waals surface area contributed by atoms with E-state index < -0.39 is 5.41 Å². The van der Waals surface area contributed by atoms with Crippen LogP contribution < -0.4 is 0 Å². The second kappa shape index (κ2) is 10.5. The van der Waals surface area contributed by atoms with Gasteiger partial charge in [-0.05, 0) is 37.6 Å². The van der Waals surface area contributed by atoms with Gasteiger partial charge in [-0.1, -0.05) is 74.5 Å². The highest BCUT2D eigenvalue weighted by Crippen LogP contribution is 2.45. The number of carbonyl (C=O) groups excluding carboxylic acids is 1. The van der Waals surface area contributed by atoms with Crippen LogP contribution >= 0.6 is 12.4 Å². The van der Waals surface area contributed by atoms with Crippen molar-refractivity contribution >= 4 is 18.4 Å². The molecule has 0 aliphatic heterocycles. The number of hydrogen-bond donors (Lipinski definition) is 0. The Hall–Kier alpha value is -1.84. The maximum atomic E-state index is 11.9. The summed E-state index contributed by atoms with van der Waals surface area (Å²) in [6, 6.07) is 21.0. The Morgan fingerprint density at radius 2 is 1.44 bits per heavy atom. The van der Waals surface area contributed by atoms with E-state index in [1.54, 1.807) is 0 Å². The predicted octanol–water partition coefficient (Wildman–Crippen LogP) is 4.93. The molecule has 2 atom stereocenters. The molecule has 0 radical (unpaired) electrons. The minimum absolute atomic E-state index is 0. The van der Waals surface area contributed by atoms with E-state index in [1.807, 2.05) is 12.1 Å². The third-order valence-electron chi connectivity index (χ3n) is 5.11. The van der Waals surface area contributed by atoms with E-state index in [9.17, 15) is 4.79 Å². The van der Waals surface area contributed by atoms with Crippen LogP contribution in [-0.2, 0) is 14.9 Å². The maximum absolute atomic E-state index is 11.9. The molecule has 0 saturated heterocycles. The summed E-state index contributed by atoms with van der Waals surface area (Å²) in [4.78, 5) is 14.1. The van der Waals surface area contributed by atoms with Crippen molar-refractivity contribution in [1.82, 2.24) is 4.90 Å². The Morgan fingerprint density at radius 3 is 1.78 bits per heavy atom. The molecule has 0 bridgehead atoms. The number of carbonyl (C=O) groups is 1. The zero-order valence-electron chi connectivity index (χ0n) is 17.0. The van der Waals surface area contributed by atoms with Crippen LogP contribution in [0.2, 0.25) is 0 Å². The first-order valence-corrected chi connectivity index (χ1v) is 9.35. The van der Waals surface area contributed by atoms with Gasteiger partial charge in [0.2, 0.25) is 0 Å². The van der Waals surface area contributed by atoms with Gasteiger partial charge in [0.1, 0.15) is 6.10 Å². The molecule has 0 saturated carbocycles. The van der Waals surface area contributed by atoms with Crippen LogP contribution in [-0.4, -0.2) is 37.6 Å². The van der Waals surface area contributed by atoms with E-state index >= 15 is 0 Å². The second-order valence-corrected chi connectivity index (χ2v) is 7.27. The Morgan fingerprint density at radius 1 is 1.00 bits per heavy atom. The summed E-state index contributed by atoms with van der Waals surface area (Å²) >= 11 is 0. The van der Waals surface area contributed by atoms with Gasteiger partial charge < -0.3 is 9.64 Å². The number of hydrogen-bond acceptors (Lipinski definition) is 3.